The fourth-order valence-corrected chi connectivity index (χ4v) is 2.06. The van der Waals surface area contributed by atoms with Crippen LogP contribution in [0.2, 0.25) is 0 Å². The quantitative estimate of drug-likeness (QED) is 0.497. The van der Waals surface area contributed by atoms with Crippen LogP contribution in [0, 0.1) is 0 Å². The topological polar surface area (TPSA) is 64.2 Å². The van der Waals surface area contributed by atoms with Gasteiger partial charge >= 0.3 is 0 Å². The molecule has 6 heteroatoms. The van der Waals surface area contributed by atoms with E-state index in [4.69, 9.17) is 9.47 Å². The number of thioether (sulfide) groups is 1. The smallest absolute Gasteiger partial charge is 0.251 e. The second-order valence-electron chi connectivity index (χ2n) is 3.61. The molecular formula is C13H14N2O3S. The van der Waals surface area contributed by atoms with Crippen LogP contribution < -0.4 is 15.0 Å². The van der Waals surface area contributed by atoms with Crippen molar-refractivity contribution >= 4 is 11.8 Å². The van der Waals surface area contributed by atoms with E-state index in [-0.39, 0.29) is 5.56 Å². The average molecular weight is 278 g/mol. The number of aromatic nitrogens is 2. The van der Waals surface area contributed by atoms with Crippen LogP contribution in [0.25, 0.3) is 0 Å². The molecule has 19 heavy (non-hydrogen) atoms. The summed E-state index contributed by atoms with van der Waals surface area (Å²) in [6.45, 7) is 0.537. The second kappa shape index (κ2) is 6.84. The maximum absolute atomic E-state index is 11.1. The summed E-state index contributed by atoms with van der Waals surface area (Å²) in [7, 11) is 1.63. The fourth-order valence-electron chi connectivity index (χ4n) is 1.40. The van der Waals surface area contributed by atoms with Gasteiger partial charge in [-0.2, -0.15) is 0 Å². The SMILES string of the molecule is COc1ccc(OCCSc2nccc(=O)[nH]2)cc1. The first-order valence-electron chi connectivity index (χ1n) is 5.73. The van der Waals surface area contributed by atoms with Gasteiger partial charge in [-0.05, 0) is 24.3 Å². The molecule has 5 nitrogen and oxygen atoms in total. The number of benzene rings is 1. The van der Waals surface area contributed by atoms with Crippen LogP contribution in [0.4, 0.5) is 0 Å². The number of nitrogens with one attached hydrogen (secondary N) is 1. The molecule has 0 aliphatic heterocycles. The van der Waals surface area contributed by atoms with Crippen LogP contribution in [0.15, 0.2) is 46.5 Å². The molecular weight excluding hydrogens is 264 g/mol. The van der Waals surface area contributed by atoms with Crippen molar-refractivity contribution < 1.29 is 9.47 Å². The molecule has 1 aromatic carbocycles. The zero-order valence-corrected chi connectivity index (χ0v) is 11.3. The van der Waals surface area contributed by atoms with E-state index in [1.54, 1.807) is 7.11 Å². The van der Waals surface area contributed by atoms with Crippen LogP contribution in [0.3, 0.4) is 0 Å². The summed E-state index contributed by atoms with van der Waals surface area (Å²) in [5.41, 5.74) is -0.145. The van der Waals surface area contributed by atoms with Crippen molar-refractivity contribution in [1.82, 2.24) is 9.97 Å². The predicted octanol–water partition coefficient (Wildman–Crippen LogP) is 1.95. The molecule has 2 rings (SSSR count). The zero-order valence-electron chi connectivity index (χ0n) is 10.5. The van der Waals surface area contributed by atoms with Crippen LogP contribution >= 0.6 is 11.8 Å². The summed E-state index contributed by atoms with van der Waals surface area (Å²) >= 11 is 1.45. The molecule has 0 radical (unpaired) electrons. The van der Waals surface area contributed by atoms with Gasteiger partial charge in [-0.3, -0.25) is 4.79 Å². The van der Waals surface area contributed by atoms with Gasteiger partial charge < -0.3 is 14.5 Å². The van der Waals surface area contributed by atoms with E-state index in [1.165, 1.54) is 24.0 Å². The van der Waals surface area contributed by atoms with Crippen LogP contribution in [0.5, 0.6) is 11.5 Å². The van der Waals surface area contributed by atoms with E-state index in [0.29, 0.717) is 17.5 Å². The highest BCUT2D eigenvalue weighted by Gasteiger charge is 1.98. The predicted molar refractivity (Wildman–Crippen MR) is 74.1 cm³/mol. The van der Waals surface area contributed by atoms with E-state index in [0.717, 1.165) is 11.5 Å². The summed E-state index contributed by atoms with van der Waals surface area (Å²) < 4.78 is 10.6. The number of H-pyrrole nitrogens is 1. The lowest BCUT2D eigenvalue weighted by Crippen LogP contribution is -2.07. The van der Waals surface area contributed by atoms with Gasteiger partial charge in [-0.25, -0.2) is 4.98 Å². The normalized spacial score (nSPS) is 10.2. The van der Waals surface area contributed by atoms with Gasteiger partial charge in [0, 0.05) is 18.0 Å². The Kier molecular flexibility index (Phi) is 4.85. The average Bonchev–Trinajstić information content (AvgIpc) is 2.44. The Balaban J connectivity index is 1.75. The van der Waals surface area contributed by atoms with E-state index in [1.807, 2.05) is 24.3 Å². The minimum atomic E-state index is -0.145. The number of methoxy groups -OCH3 is 1. The largest absolute Gasteiger partial charge is 0.497 e. The van der Waals surface area contributed by atoms with Crippen molar-refractivity contribution in [1.29, 1.82) is 0 Å². The van der Waals surface area contributed by atoms with Crippen molar-refractivity contribution in [3.05, 3.63) is 46.9 Å². The third-order valence-electron chi connectivity index (χ3n) is 2.30. The second-order valence-corrected chi connectivity index (χ2v) is 4.70. The molecule has 0 spiro atoms. The Morgan fingerprint density at radius 1 is 1.21 bits per heavy atom. The first-order valence-corrected chi connectivity index (χ1v) is 6.71. The molecule has 0 amide bonds. The van der Waals surface area contributed by atoms with Gasteiger partial charge in [0.15, 0.2) is 5.16 Å². The van der Waals surface area contributed by atoms with Gasteiger partial charge in [0.25, 0.3) is 5.56 Å². The number of nitrogens with zero attached hydrogens (tertiary/aromatic N) is 1. The van der Waals surface area contributed by atoms with E-state index >= 15 is 0 Å². The van der Waals surface area contributed by atoms with Crippen LogP contribution in [0.1, 0.15) is 0 Å². The van der Waals surface area contributed by atoms with Gasteiger partial charge in [-0.1, -0.05) is 11.8 Å². The van der Waals surface area contributed by atoms with Gasteiger partial charge in [0.1, 0.15) is 11.5 Å². The molecule has 0 atom stereocenters. The van der Waals surface area contributed by atoms with Crippen molar-refractivity contribution in [2.75, 3.05) is 19.5 Å². The third-order valence-corrected chi connectivity index (χ3v) is 3.15. The fraction of sp³-hybridized carbons (Fsp3) is 0.231. The van der Waals surface area contributed by atoms with Crippen molar-refractivity contribution in [3.8, 4) is 11.5 Å². The van der Waals surface area contributed by atoms with E-state index in [9.17, 15) is 4.79 Å². The van der Waals surface area contributed by atoms with Gasteiger partial charge in [0.2, 0.25) is 0 Å². The highest BCUT2D eigenvalue weighted by Crippen LogP contribution is 2.17. The Bertz CT molecular complexity index is 569. The highest BCUT2D eigenvalue weighted by atomic mass is 32.2. The third kappa shape index (κ3) is 4.33. The monoisotopic (exact) mass is 278 g/mol. The number of aromatic amines is 1. The number of ether oxygens (including phenoxy) is 2. The molecule has 1 N–H and O–H groups in total. The molecule has 0 saturated carbocycles. The maximum atomic E-state index is 11.1. The Morgan fingerprint density at radius 2 is 1.95 bits per heavy atom. The van der Waals surface area contributed by atoms with Crippen LogP contribution in [-0.4, -0.2) is 29.4 Å². The van der Waals surface area contributed by atoms with Crippen LogP contribution in [-0.2, 0) is 0 Å². The molecule has 0 unspecified atom stereocenters. The summed E-state index contributed by atoms with van der Waals surface area (Å²) in [5, 5.41) is 0.603. The van der Waals surface area contributed by atoms with Crippen molar-refractivity contribution in [2.24, 2.45) is 0 Å². The minimum absolute atomic E-state index is 0.145. The van der Waals surface area contributed by atoms with E-state index in [2.05, 4.69) is 9.97 Å². The number of hydrogen-bond donors (Lipinski definition) is 1. The summed E-state index contributed by atoms with van der Waals surface area (Å²) in [6, 6.07) is 8.79. The maximum Gasteiger partial charge on any atom is 0.251 e. The molecule has 2 aromatic rings. The molecule has 1 aromatic heterocycles. The Hall–Kier alpha value is -1.95. The molecule has 1 heterocycles. The van der Waals surface area contributed by atoms with Crippen molar-refractivity contribution in [2.45, 2.75) is 5.16 Å². The standard InChI is InChI=1S/C13H14N2O3S/c1-17-10-2-4-11(5-3-10)18-8-9-19-13-14-7-6-12(16)15-13/h2-7H,8-9H2,1H3,(H,14,15,16). The highest BCUT2D eigenvalue weighted by molar-refractivity contribution is 7.99. The minimum Gasteiger partial charge on any atom is -0.497 e. The zero-order chi connectivity index (χ0) is 13.5. The Morgan fingerprint density at radius 3 is 2.63 bits per heavy atom. The molecule has 0 aliphatic rings. The molecule has 0 bridgehead atoms. The number of hydrogen-bond acceptors (Lipinski definition) is 5. The lowest BCUT2D eigenvalue weighted by Gasteiger charge is -2.06. The first kappa shape index (κ1) is 13.5. The molecule has 100 valence electrons. The first-order chi connectivity index (χ1) is 9.28. The molecule has 0 saturated heterocycles. The summed E-state index contributed by atoms with van der Waals surface area (Å²) in [4.78, 5) is 17.7. The van der Waals surface area contributed by atoms with Gasteiger partial charge in [-0.15, -0.1) is 0 Å². The summed E-state index contributed by atoms with van der Waals surface area (Å²) in [6.07, 6.45) is 1.49. The summed E-state index contributed by atoms with van der Waals surface area (Å²) in [5.74, 6) is 2.29. The lowest BCUT2D eigenvalue weighted by molar-refractivity contribution is 0.342. The number of rotatable bonds is 6. The van der Waals surface area contributed by atoms with Gasteiger partial charge in [0.05, 0.1) is 13.7 Å². The van der Waals surface area contributed by atoms with Crippen molar-refractivity contribution in [3.63, 3.8) is 0 Å². The molecule has 0 aliphatic carbocycles. The van der Waals surface area contributed by atoms with E-state index < -0.39 is 0 Å². The lowest BCUT2D eigenvalue weighted by atomic mass is 10.3. The molecule has 0 fully saturated rings. The Labute approximate surface area is 115 Å².